The van der Waals surface area contributed by atoms with Crippen LogP contribution in [0.1, 0.15) is 5.56 Å². The number of nitrogens with one attached hydrogen (secondary N) is 1. The number of hydrogen-bond donors (Lipinski definition) is 1. The van der Waals surface area contributed by atoms with E-state index in [0.717, 1.165) is 37.7 Å². The van der Waals surface area contributed by atoms with Crippen molar-refractivity contribution in [2.24, 2.45) is 0 Å². The predicted octanol–water partition coefficient (Wildman–Crippen LogP) is 2.47. The summed E-state index contributed by atoms with van der Waals surface area (Å²) < 4.78 is 0. The first kappa shape index (κ1) is 12.2. The van der Waals surface area contributed by atoms with E-state index in [0.29, 0.717) is 0 Å². The zero-order valence-electron chi connectivity index (χ0n) is 9.50. The van der Waals surface area contributed by atoms with Crippen molar-refractivity contribution in [2.45, 2.75) is 11.4 Å². The highest BCUT2D eigenvalue weighted by Crippen LogP contribution is 2.25. The van der Waals surface area contributed by atoms with Crippen LogP contribution in [0.4, 0.5) is 0 Å². The summed E-state index contributed by atoms with van der Waals surface area (Å²) in [6.07, 6.45) is 2.12. The number of rotatable bonds is 3. The number of nitrogens with zero attached hydrogens (tertiary/aromatic N) is 1. The Labute approximate surface area is 106 Å². The molecule has 88 valence electrons. The lowest BCUT2D eigenvalue weighted by Crippen LogP contribution is -2.42. The van der Waals surface area contributed by atoms with Crippen LogP contribution < -0.4 is 5.32 Å². The molecule has 1 N–H and O–H groups in total. The zero-order chi connectivity index (χ0) is 11.4. The molecule has 0 atom stereocenters. The maximum atomic E-state index is 6.05. The van der Waals surface area contributed by atoms with Crippen molar-refractivity contribution in [2.75, 3.05) is 32.4 Å². The highest BCUT2D eigenvalue weighted by molar-refractivity contribution is 7.98. The Morgan fingerprint density at radius 3 is 2.81 bits per heavy atom. The number of thioether (sulfide) groups is 1. The van der Waals surface area contributed by atoms with E-state index in [1.807, 2.05) is 6.07 Å². The molecular weight excluding hydrogens is 240 g/mol. The summed E-state index contributed by atoms with van der Waals surface area (Å²) in [5.41, 5.74) is 1.35. The lowest BCUT2D eigenvalue weighted by atomic mass is 10.2. The molecule has 1 aromatic carbocycles. The lowest BCUT2D eigenvalue weighted by molar-refractivity contribution is 0.232. The normalized spacial score (nSPS) is 17.6. The first-order chi connectivity index (χ1) is 7.79. The van der Waals surface area contributed by atoms with E-state index in [4.69, 9.17) is 11.6 Å². The molecule has 0 unspecified atom stereocenters. The van der Waals surface area contributed by atoms with E-state index < -0.39 is 0 Å². The van der Waals surface area contributed by atoms with Gasteiger partial charge in [-0.3, -0.25) is 4.90 Å². The topological polar surface area (TPSA) is 15.3 Å². The average Bonchev–Trinajstić information content (AvgIpc) is 2.31. The monoisotopic (exact) mass is 256 g/mol. The van der Waals surface area contributed by atoms with E-state index in [-0.39, 0.29) is 0 Å². The highest BCUT2D eigenvalue weighted by Gasteiger charge is 2.12. The van der Waals surface area contributed by atoms with Gasteiger partial charge in [-0.2, -0.15) is 0 Å². The minimum atomic E-state index is 0.836. The second-order valence-corrected chi connectivity index (χ2v) is 5.27. The Morgan fingerprint density at radius 1 is 1.38 bits per heavy atom. The summed E-state index contributed by atoms with van der Waals surface area (Å²) >= 11 is 7.84. The van der Waals surface area contributed by atoms with Crippen molar-refractivity contribution in [3.8, 4) is 0 Å². The van der Waals surface area contributed by atoms with Crippen molar-refractivity contribution in [3.63, 3.8) is 0 Å². The molecular formula is C12H17ClN2S. The first-order valence-corrected chi connectivity index (χ1v) is 7.15. The molecule has 1 aliphatic heterocycles. The smallest absolute Gasteiger partial charge is 0.0410 e. The molecule has 0 aliphatic carbocycles. The number of hydrogen-bond acceptors (Lipinski definition) is 3. The van der Waals surface area contributed by atoms with E-state index >= 15 is 0 Å². The molecule has 16 heavy (non-hydrogen) atoms. The van der Waals surface area contributed by atoms with Crippen LogP contribution in [-0.2, 0) is 6.54 Å². The molecule has 4 heteroatoms. The van der Waals surface area contributed by atoms with Crippen LogP contribution in [0.3, 0.4) is 0 Å². The van der Waals surface area contributed by atoms with Crippen LogP contribution in [0.2, 0.25) is 5.02 Å². The average molecular weight is 257 g/mol. The largest absolute Gasteiger partial charge is 0.314 e. The molecule has 0 bridgehead atoms. The summed E-state index contributed by atoms with van der Waals surface area (Å²) in [6.45, 7) is 5.45. The Bertz CT molecular complexity index is 351. The van der Waals surface area contributed by atoms with Crippen LogP contribution >= 0.6 is 23.4 Å². The molecule has 2 nitrogen and oxygen atoms in total. The summed E-state index contributed by atoms with van der Waals surface area (Å²) in [5.74, 6) is 0. The third kappa shape index (κ3) is 3.14. The van der Waals surface area contributed by atoms with Gasteiger partial charge < -0.3 is 5.32 Å². The second kappa shape index (κ2) is 5.92. The fraction of sp³-hybridized carbons (Fsp3) is 0.500. The number of benzene rings is 1. The fourth-order valence-corrected chi connectivity index (χ4v) is 2.77. The number of halogens is 1. The molecule has 1 heterocycles. The highest BCUT2D eigenvalue weighted by atomic mass is 35.5. The van der Waals surface area contributed by atoms with Crippen molar-refractivity contribution in [1.82, 2.24) is 10.2 Å². The van der Waals surface area contributed by atoms with Crippen LogP contribution in [0, 0.1) is 0 Å². The van der Waals surface area contributed by atoms with Gasteiger partial charge in [-0.25, -0.2) is 0 Å². The second-order valence-electron chi connectivity index (χ2n) is 3.98. The quantitative estimate of drug-likeness (QED) is 0.837. The Balaban J connectivity index is 2.09. The van der Waals surface area contributed by atoms with Gasteiger partial charge in [0.1, 0.15) is 0 Å². The molecule has 0 aromatic heterocycles. The molecule has 1 aromatic rings. The third-order valence-corrected chi connectivity index (χ3v) is 3.92. The van der Waals surface area contributed by atoms with Gasteiger partial charge in [-0.05, 0) is 30.0 Å². The first-order valence-electron chi connectivity index (χ1n) is 5.55. The van der Waals surface area contributed by atoms with Crippen molar-refractivity contribution >= 4 is 23.4 Å². The molecule has 0 saturated carbocycles. The van der Waals surface area contributed by atoms with Crippen molar-refractivity contribution in [3.05, 3.63) is 28.8 Å². The van der Waals surface area contributed by atoms with Gasteiger partial charge in [0.05, 0.1) is 0 Å². The van der Waals surface area contributed by atoms with Gasteiger partial charge in [0.25, 0.3) is 0 Å². The van der Waals surface area contributed by atoms with Crippen molar-refractivity contribution in [1.29, 1.82) is 0 Å². The number of piperazine rings is 1. The molecule has 2 rings (SSSR count). The predicted molar refractivity (Wildman–Crippen MR) is 71.4 cm³/mol. The van der Waals surface area contributed by atoms with Gasteiger partial charge in [-0.15, -0.1) is 11.8 Å². The zero-order valence-corrected chi connectivity index (χ0v) is 11.1. The molecule has 1 aliphatic rings. The van der Waals surface area contributed by atoms with Gasteiger partial charge in [0, 0.05) is 42.6 Å². The summed E-state index contributed by atoms with van der Waals surface area (Å²) in [4.78, 5) is 3.81. The van der Waals surface area contributed by atoms with E-state index in [1.165, 1.54) is 10.5 Å². The van der Waals surface area contributed by atoms with Crippen LogP contribution in [0.5, 0.6) is 0 Å². The lowest BCUT2D eigenvalue weighted by Gasteiger charge is -2.27. The van der Waals surface area contributed by atoms with Gasteiger partial charge in [0.2, 0.25) is 0 Å². The molecule has 1 fully saturated rings. The van der Waals surface area contributed by atoms with Gasteiger partial charge in [0.15, 0.2) is 0 Å². The van der Waals surface area contributed by atoms with Gasteiger partial charge in [-0.1, -0.05) is 11.6 Å². The SMILES string of the molecule is CSc1ccc(Cl)cc1CN1CCNCC1. The molecule has 0 radical (unpaired) electrons. The van der Waals surface area contributed by atoms with Crippen LogP contribution in [0.25, 0.3) is 0 Å². The maximum Gasteiger partial charge on any atom is 0.0410 e. The Hall–Kier alpha value is -0.220. The Kier molecular flexibility index (Phi) is 4.53. The summed E-state index contributed by atoms with van der Waals surface area (Å²) in [7, 11) is 0. The molecule has 0 amide bonds. The summed E-state index contributed by atoms with van der Waals surface area (Å²) in [5, 5.41) is 4.20. The fourth-order valence-electron chi connectivity index (χ4n) is 1.98. The van der Waals surface area contributed by atoms with Crippen molar-refractivity contribution < 1.29 is 0 Å². The summed E-state index contributed by atoms with van der Waals surface area (Å²) in [6, 6.07) is 6.18. The maximum absolute atomic E-state index is 6.05. The third-order valence-electron chi connectivity index (χ3n) is 2.85. The Morgan fingerprint density at radius 2 is 2.12 bits per heavy atom. The van der Waals surface area contributed by atoms with Gasteiger partial charge >= 0.3 is 0 Å². The minimum absolute atomic E-state index is 0.836. The van der Waals surface area contributed by atoms with Crippen LogP contribution in [0.15, 0.2) is 23.1 Å². The molecule has 1 saturated heterocycles. The minimum Gasteiger partial charge on any atom is -0.314 e. The van der Waals surface area contributed by atoms with E-state index in [1.54, 1.807) is 11.8 Å². The molecule has 0 spiro atoms. The van der Waals surface area contributed by atoms with E-state index in [9.17, 15) is 0 Å². The van der Waals surface area contributed by atoms with E-state index in [2.05, 4.69) is 28.6 Å². The standard InChI is InChI=1S/C12H17ClN2S/c1-16-12-3-2-11(13)8-10(12)9-15-6-4-14-5-7-15/h2-3,8,14H,4-7,9H2,1H3. The van der Waals surface area contributed by atoms with Crippen LogP contribution in [-0.4, -0.2) is 37.3 Å².